The fourth-order valence-corrected chi connectivity index (χ4v) is 7.01. The first-order valence-electron chi connectivity index (χ1n) is 17.3. The van der Waals surface area contributed by atoms with E-state index in [2.05, 4.69) is 19.9 Å². The largest absolute Gasteiger partial charge is 0.480 e. The van der Waals surface area contributed by atoms with Crippen LogP contribution in [-0.4, -0.2) is 81.3 Å². The SMILES string of the molecule is Cl.O=C(O)[C@@H]1CCCCN1c1nc2ccccc2o1.O=C(O[C@H]1CCCN(Cc2ccccn2)C1)[C@@H]1CCCCN1c1nc2ccccc2o1. The number of aromatic nitrogens is 3. The van der Waals surface area contributed by atoms with E-state index >= 15 is 0 Å². The number of benzene rings is 2. The molecule has 3 fully saturated rings. The highest BCUT2D eigenvalue weighted by atomic mass is 35.5. The molecule has 0 radical (unpaired) electrons. The Morgan fingerprint density at radius 2 is 1.34 bits per heavy atom. The van der Waals surface area contributed by atoms with Gasteiger partial charge in [0.05, 0.1) is 5.69 Å². The van der Waals surface area contributed by atoms with Crippen molar-refractivity contribution in [3.05, 3.63) is 78.6 Å². The predicted octanol–water partition coefficient (Wildman–Crippen LogP) is 6.48. The second-order valence-electron chi connectivity index (χ2n) is 12.9. The zero-order chi connectivity index (χ0) is 33.6. The maximum Gasteiger partial charge on any atom is 0.329 e. The van der Waals surface area contributed by atoms with E-state index in [1.807, 2.05) is 77.8 Å². The predicted molar refractivity (Wildman–Crippen MR) is 191 cm³/mol. The number of carbonyl (C=O) groups is 2. The number of rotatable bonds is 7. The summed E-state index contributed by atoms with van der Waals surface area (Å²) in [7, 11) is 0. The number of anilines is 2. The van der Waals surface area contributed by atoms with E-state index < -0.39 is 12.0 Å². The van der Waals surface area contributed by atoms with Crippen molar-refractivity contribution in [1.82, 2.24) is 19.9 Å². The number of fused-ring (bicyclic) bond motifs is 2. The minimum Gasteiger partial charge on any atom is -0.480 e. The number of likely N-dealkylation sites (tertiary alicyclic amines) is 1. The van der Waals surface area contributed by atoms with Gasteiger partial charge >= 0.3 is 11.9 Å². The number of ether oxygens (including phenoxy) is 1. The van der Waals surface area contributed by atoms with Gasteiger partial charge in [0.1, 0.15) is 29.2 Å². The van der Waals surface area contributed by atoms with Crippen molar-refractivity contribution in [2.75, 3.05) is 36.0 Å². The minimum atomic E-state index is -0.808. The van der Waals surface area contributed by atoms with Gasteiger partial charge in [-0.05, 0) is 94.3 Å². The van der Waals surface area contributed by atoms with Gasteiger partial charge in [0.25, 0.3) is 12.0 Å². The normalized spacial score (nSPS) is 21.2. The van der Waals surface area contributed by atoms with Gasteiger partial charge in [-0.25, -0.2) is 9.59 Å². The van der Waals surface area contributed by atoms with Crippen LogP contribution in [0.2, 0.25) is 0 Å². The van der Waals surface area contributed by atoms with Gasteiger partial charge in [-0.15, -0.1) is 12.4 Å². The second-order valence-corrected chi connectivity index (χ2v) is 12.9. The zero-order valence-corrected chi connectivity index (χ0v) is 28.7. The summed E-state index contributed by atoms with van der Waals surface area (Å²) in [5, 5.41) is 9.23. The van der Waals surface area contributed by atoms with Gasteiger partial charge < -0.3 is 28.5 Å². The van der Waals surface area contributed by atoms with E-state index in [0.717, 1.165) is 93.4 Å². The Morgan fingerprint density at radius 1 is 0.740 bits per heavy atom. The van der Waals surface area contributed by atoms with Crippen molar-refractivity contribution in [2.45, 2.75) is 76.1 Å². The standard InChI is InChI=1S/C24H28N4O3.C13H14N2O3.ClH/c29-23(30-19-9-7-14-27(17-19)16-18-8-3-5-13-25-18)21-11-4-6-15-28(21)24-26-20-10-1-2-12-22(20)31-24;16-12(17)10-6-3-4-8-15(10)13-14-9-5-1-2-7-11(9)18-13;/h1-3,5,8,10,12-13,19,21H,4,6-7,9,11,14-17H2;1-2,5,7,10H,3-4,6,8H2,(H,16,17);1H/t19-,21-;10-;/m00./s1. The lowest BCUT2D eigenvalue weighted by molar-refractivity contribution is -0.154. The summed E-state index contributed by atoms with van der Waals surface area (Å²) in [4.78, 5) is 43.9. The number of hydrogen-bond donors (Lipinski definition) is 1. The van der Waals surface area contributed by atoms with Crippen LogP contribution in [0.25, 0.3) is 22.2 Å². The first-order valence-corrected chi connectivity index (χ1v) is 17.3. The fourth-order valence-electron chi connectivity index (χ4n) is 7.01. The molecule has 13 heteroatoms. The first-order chi connectivity index (χ1) is 24.0. The quantitative estimate of drug-likeness (QED) is 0.186. The Hall–Kier alpha value is -4.68. The Kier molecular flexibility index (Phi) is 11.5. The Bertz CT molecular complexity index is 1800. The zero-order valence-electron chi connectivity index (χ0n) is 27.9. The van der Waals surface area contributed by atoms with Crippen molar-refractivity contribution < 1.29 is 28.3 Å². The smallest absolute Gasteiger partial charge is 0.329 e. The number of piperidine rings is 3. The number of aliphatic carboxylic acids is 1. The van der Waals surface area contributed by atoms with E-state index in [4.69, 9.17) is 13.6 Å². The maximum atomic E-state index is 13.2. The number of esters is 1. The molecular formula is C37H43ClN6O6. The molecule has 2 aromatic carbocycles. The van der Waals surface area contributed by atoms with Crippen molar-refractivity contribution in [1.29, 1.82) is 0 Å². The van der Waals surface area contributed by atoms with Crippen LogP contribution in [0.5, 0.6) is 0 Å². The van der Waals surface area contributed by atoms with Crippen LogP contribution in [-0.2, 0) is 20.9 Å². The first kappa shape index (κ1) is 35.2. The number of carboxylic acid groups (broad SMARTS) is 1. The molecule has 0 amide bonds. The summed E-state index contributed by atoms with van der Waals surface area (Å²) in [6, 6.07) is 21.2. The average Bonchev–Trinajstić information content (AvgIpc) is 3.77. The summed E-state index contributed by atoms with van der Waals surface area (Å²) in [5.41, 5.74) is 4.06. The molecular weight excluding hydrogens is 660 g/mol. The number of hydrogen-bond acceptors (Lipinski definition) is 11. The van der Waals surface area contributed by atoms with Gasteiger partial charge in [0, 0.05) is 32.4 Å². The van der Waals surface area contributed by atoms with Crippen molar-refractivity contribution in [3.8, 4) is 0 Å². The van der Waals surface area contributed by atoms with E-state index in [9.17, 15) is 14.7 Å². The van der Waals surface area contributed by atoms with Crippen LogP contribution in [0.1, 0.15) is 57.1 Å². The molecule has 3 atom stereocenters. The molecule has 264 valence electrons. The summed E-state index contributed by atoms with van der Waals surface area (Å²) >= 11 is 0. The van der Waals surface area contributed by atoms with E-state index in [1.54, 1.807) is 4.90 Å². The highest BCUT2D eigenvalue weighted by Gasteiger charge is 2.35. The highest BCUT2D eigenvalue weighted by Crippen LogP contribution is 2.30. The van der Waals surface area contributed by atoms with Gasteiger partial charge in [0.2, 0.25) is 0 Å². The van der Waals surface area contributed by atoms with Crippen molar-refractivity contribution in [2.24, 2.45) is 0 Å². The molecule has 12 nitrogen and oxygen atoms in total. The maximum absolute atomic E-state index is 13.2. The monoisotopic (exact) mass is 702 g/mol. The van der Waals surface area contributed by atoms with Crippen LogP contribution >= 0.6 is 12.4 Å². The second kappa shape index (κ2) is 16.4. The van der Waals surface area contributed by atoms with Crippen molar-refractivity contribution >= 4 is 58.6 Å². The molecule has 0 saturated carbocycles. The number of carbonyl (C=O) groups excluding carboxylic acids is 1. The number of para-hydroxylation sites is 4. The lowest BCUT2D eigenvalue weighted by atomic mass is 10.0. The molecule has 8 rings (SSSR count). The number of oxazole rings is 2. The molecule has 0 aliphatic carbocycles. The molecule has 3 aliphatic rings. The van der Waals surface area contributed by atoms with Crippen LogP contribution < -0.4 is 9.80 Å². The molecule has 0 unspecified atom stereocenters. The third-order valence-electron chi connectivity index (χ3n) is 9.48. The summed E-state index contributed by atoms with van der Waals surface area (Å²) < 4.78 is 17.6. The minimum absolute atomic E-state index is 0. The average molecular weight is 703 g/mol. The highest BCUT2D eigenvalue weighted by molar-refractivity contribution is 5.85. The number of nitrogens with zero attached hydrogens (tertiary/aromatic N) is 6. The molecule has 3 aliphatic heterocycles. The Labute approximate surface area is 296 Å². The number of halogens is 1. The third-order valence-corrected chi connectivity index (χ3v) is 9.48. The Balaban J connectivity index is 0.000000194. The van der Waals surface area contributed by atoms with Gasteiger partial charge in [-0.1, -0.05) is 30.3 Å². The lowest BCUT2D eigenvalue weighted by Gasteiger charge is -2.36. The van der Waals surface area contributed by atoms with Crippen LogP contribution in [0.4, 0.5) is 12.0 Å². The molecule has 6 heterocycles. The molecule has 0 spiro atoms. The molecule has 3 saturated heterocycles. The van der Waals surface area contributed by atoms with Gasteiger partial charge in [-0.2, -0.15) is 9.97 Å². The number of carboxylic acids is 1. The van der Waals surface area contributed by atoms with Gasteiger partial charge in [0.15, 0.2) is 11.2 Å². The van der Waals surface area contributed by atoms with Crippen LogP contribution in [0.15, 0.2) is 81.8 Å². The van der Waals surface area contributed by atoms with E-state index in [1.165, 1.54) is 0 Å². The van der Waals surface area contributed by atoms with Crippen molar-refractivity contribution in [3.63, 3.8) is 0 Å². The lowest BCUT2D eigenvalue weighted by Crippen LogP contribution is -2.48. The molecule has 5 aromatic rings. The fraction of sp³-hybridized carbons (Fsp3) is 0.432. The van der Waals surface area contributed by atoms with E-state index in [-0.39, 0.29) is 30.5 Å². The molecule has 3 aromatic heterocycles. The van der Waals surface area contributed by atoms with E-state index in [0.29, 0.717) is 30.6 Å². The number of pyridine rings is 1. The Morgan fingerprint density at radius 3 is 1.94 bits per heavy atom. The van der Waals surface area contributed by atoms with Crippen LogP contribution in [0, 0.1) is 0 Å². The summed E-state index contributed by atoms with van der Waals surface area (Å²) in [6.07, 6.45) is 9.01. The molecule has 0 bridgehead atoms. The summed E-state index contributed by atoms with van der Waals surface area (Å²) in [5.74, 6) is -0.969. The third kappa shape index (κ3) is 8.19. The molecule has 50 heavy (non-hydrogen) atoms. The van der Waals surface area contributed by atoms with Crippen LogP contribution in [0.3, 0.4) is 0 Å². The summed E-state index contributed by atoms with van der Waals surface area (Å²) in [6.45, 7) is 3.97. The van der Waals surface area contributed by atoms with Gasteiger partial charge in [-0.3, -0.25) is 9.88 Å². The topological polar surface area (TPSA) is 138 Å². The molecule has 1 N–H and O–H groups in total.